The Labute approximate surface area is 132 Å². The van der Waals surface area contributed by atoms with E-state index in [9.17, 15) is 14.7 Å². The highest BCUT2D eigenvalue weighted by molar-refractivity contribution is 9.10. The minimum absolute atomic E-state index is 0.148. The molecule has 0 bridgehead atoms. The Morgan fingerprint density at radius 1 is 1.43 bits per heavy atom. The molecule has 1 aliphatic heterocycles. The van der Waals surface area contributed by atoms with Gasteiger partial charge in [0.05, 0.1) is 17.0 Å². The number of carboxylic acid groups (broad SMARTS) is 1. The zero-order valence-corrected chi connectivity index (χ0v) is 13.6. The van der Waals surface area contributed by atoms with Crippen molar-refractivity contribution in [3.63, 3.8) is 0 Å². The van der Waals surface area contributed by atoms with E-state index >= 15 is 0 Å². The predicted octanol–water partition coefficient (Wildman–Crippen LogP) is 2.78. The molecule has 21 heavy (non-hydrogen) atoms. The fourth-order valence-electron chi connectivity index (χ4n) is 2.57. The van der Waals surface area contributed by atoms with E-state index in [1.807, 2.05) is 0 Å². The van der Waals surface area contributed by atoms with E-state index in [-0.39, 0.29) is 12.5 Å². The number of rotatable bonds is 3. The standard InChI is InChI=1S/C15H18BrNO4/c1-15(14(19)20)6-3-7-17(9-15)13(18)10-4-5-12(21-2)11(16)8-10/h4-5,8H,3,6-7,9H2,1-2H3,(H,19,20). The molecule has 1 unspecified atom stereocenters. The fourth-order valence-corrected chi connectivity index (χ4v) is 3.11. The van der Waals surface area contributed by atoms with E-state index < -0.39 is 11.4 Å². The van der Waals surface area contributed by atoms with Crippen LogP contribution in [0, 0.1) is 5.41 Å². The molecule has 1 N–H and O–H groups in total. The molecule has 0 spiro atoms. The van der Waals surface area contributed by atoms with Crippen molar-refractivity contribution in [2.75, 3.05) is 20.2 Å². The van der Waals surface area contributed by atoms with Crippen LogP contribution in [-0.4, -0.2) is 42.1 Å². The number of nitrogens with zero attached hydrogens (tertiary/aromatic N) is 1. The molecule has 0 radical (unpaired) electrons. The highest BCUT2D eigenvalue weighted by atomic mass is 79.9. The van der Waals surface area contributed by atoms with Gasteiger partial charge in [-0.05, 0) is 53.9 Å². The number of carbonyl (C=O) groups excluding carboxylic acids is 1. The van der Waals surface area contributed by atoms with Gasteiger partial charge >= 0.3 is 5.97 Å². The minimum atomic E-state index is -0.863. The van der Waals surface area contributed by atoms with Gasteiger partial charge in [0.15, 0.2) is 0 Å². The molecule has 114 valence electrons. The number of amides is 1. The topological polar surface area (TPSA) is 66.8 Å². The van der Waals surface area contributed by atoms with Crippen LogP contribution in [-0.2, 0) is 4.79 Å². The lowest BCUT2D eigenvalue weighted by Gasteiger charge is -2.37. The first-order valence-corrected chi connectivity index (χ1v) is 7.53. The predicted molar refractivity (Wildman–Crippen MR) is 81.6 cm³/mol. The molecule has 1 aromatic carbocycles. The number of aliphatic carboxylic acids is 1. The first-order chi connectivity index (χ1) is 9.87. The average Bonchev–Trinajstić information content (AvgIpc) is 2.46. The van der Waals surface area contributed by atoms with Gasteiger partial charge in [-0.25, -0.2) is 0 Å². The fraction of sp³-hybridized carbons (Fsp3) is 0.467. The van der Waals surface area contributed by atoms with Crippen molar-refractivity contribution in [3.8, 4) is 5.75 Å². The molecular formula is C15H18BrNO4. The molecule has 1 saturated heterocycles. The largest absolute Gasteiger partial charge is 0.496 e. The van der Waals surface area contributed by atoms with E-state index in [1.165, 1.54) is 0 Å². The van der Waals surface area contributed by atoms with Crippen molar-refractivity contribution in [2.45, 2.75) is 19.8 Å². The van der Waals surface area contributed by atoms with Crippen molar-refractivity contribution >= 4 is 27.8 Å². The Hall–Kier alpha value is -1.56. The van der Waals surface area contributed by atoms with E-state index in [2.05, 4.69) is 15.9 Å². The molecule has 1 atom stereocenters. The second kappa shape index (κ2) is 6.05. The highest BCUT2D eigenvalue weighted by Gasteiger charge is 2.39. The summed E-state index contributed by atoms with van der Waals surface area (Å²) in [7, 11) is 1.56. The summed E-state index contributed by atoms with van der Waals surface area (Å²) in [6.45, 7) is 2.52. The summed E-state index contributed by atoms with van der Waals surface area (Å²) < 4.78 is 5.84. The van der Waals surface area contributed by atoms with E-state index in [4.69, 9.17) is 4.74 Å². The minimum Gasteiger partial charge on any atom is -0.496 e. The number of carboxylic acids is 1. The van der Waals surface area contributed by atoms with Crippen LogP contribution in [0.3, 0.4) is 0 Å². The first kappa shape index (κ1) is 15.8. The van der Waals surface area contributed by atoms with Gasteiger partial charge in [-0.1, -0.05) is 0 Å². The maximum atomic E-state index is 12.5. The van der Waals surface area contributed by atoms with Crippen molar-refractivity contribution in [3.05, 3.63) is 28.2 Å². The zero-order chi connectivity index (χ0) is 15.6. The van der Waals surface area contributed by atoms with Crippen LogP contribution in [0.4, 0.5) is 0 Å². The van der Waals surface area contributed by atoms with Gasteiger partial charge in [-0.3, -0.25) is 9.59 Å². The second-order valence-electron chi connectivity index (χ2n) is 5.55. The molecule has 0 saturated carbocycles. The third-order valence-corrected chi connectivity index (χ3v) is 4.52. The van der Waals surface area contributed by atoms with E-state index in [0.717, 1.165) is 0 Å². The summed E-state index contributed by atoms with van der Waals surface area (Å²) >= 11 is 3.36. The number of carbonyl (C=O) groups is 2. The quantitative estimate of drug-likeness (QED) is 0.905. The SMILES string of the molecule is COc1ccc(C(=O)N2CCCC(C)(C(=O)O)C2)cc1Br. The lowest BCUT2D eigenvalue weighted by molar-refractivity contribution is -0.150. The zero-order valence-electron chi connectivity index (χ0n) is 12.1. The normalized spacial score (nSPS) is 22.0. The summed E-state index contributed by atoms with van der Waals surface area (Å²) in [4.78, 5) is 25.5. The van der Waals surface area contributed by atoms with Gasteiger partial charge in [0, 0.05) is 18.7 Å². The summed E-state index contributed by atoms with van der Waals surface area (Å²) in [5.74, 6) is -0.345. The number of methoxy groups -OCH3 is 1. The molecule has 1 aromatic rings. The van der Waals surface area contributed by atoms with Crippen molar-refractivity contribution in [2.24, 2.45) is 5.41 Å². The maximum Gasteiger partial charge on any atom is 0.311 e. The van der Waals surface area contributed by atoms with Crippen molar-refractivity contribution < 1.29 is 19.4 Å². The molecule has 1 fully saturated rings. The Morgan fingerprint density at radius 2 is 2.14 bits per heavy atom. The third kappa shape index (κ3) is 3.20. The highest BCUT2D eigenvalue weighted by Crippen LogP contribution is 2.31. The Bertz CT molecular complexity index is 575. The van der Waals surface area contributed by atoms with Gasteiger partial charge in [0.25, 0.3) is 5.91 Å². The molecule has 1 heterocycles. The molecule has 0 aromatic heterocycles. The summed E-state index contributed by atoms with van der Waals surface area (Å²) in [6.07, 6.45) is 1.30. The maximum absolute atomic E-state index is 12.5. The summed E-state index contributed by atoms with van der Waals surface area (Å²) in [6, 6.07) is 5.12. The summed E-state index contributed by atoms with van der Waals surface area (Å²) in [5, 5.41) is 9.32. The van der Waals surface area contributed by atoms with E-state index in [1.54, 1.807) is 37.1 Å². The van der Waals surface area contributed by atoms with Crippen LogP contribution in [0.2, 0.25) is 0 Å². The monoisotopic (exact) mass is 355 g/mol. The van der Waals surface area contributed by atoms with Gasteiger partial charge in [0.2, 0.25) is 0 Å². The van der Waals surface area contributed by atoms with Gasteiger partial charge in [-0.2, -0.15) is 0 Å². The molecule has 5 nitrogen and oxygen atoms in total. The molecule has 2 rings (SSSR count). The molecule has 1 aliphatic rings. The lowest BCUT2D eigenvalue weighted by Crippen LogP contribution is -2.48. The molecule has 0 aliphatic carbocycles. The van der Waals surface area contributed by atoms with Crippen LogP contribution in [0.1, 0.15) is 30.1 Å². The lowest BCUT2D eigenvalue weighted by atomic mass is 9.82. The number of piperidine rings is 1. The second-order valence-corrected chi connectivity index (χ2v) is 6.40. The van der Waals surface area contributed by atoms with Crippen LogP contribution in [0.5, 0.6) is 5.75 Å². The van der Waals surface area contributed by atoms with Gasteiger partial charge in [-0.15, -0.1) is 0 Å². The number of hydrogen-bond donors (Lipinski definition) is 1. The van der Waals surface area contributed by atoms with Crippen LogP contribution in [0.25, 0.3) is 0 Å². The average molecular weight is 356 g/mol. The molecule has 6 heteroatoms. The number of halogens is 1. The van der Waals surface area contributed by atoms with E-state index in [0.29, 0.717) is 35.2 Å². The van der Waals surface area contributed by atoms with Crippen molar-refractivity contribution in [1.29, 1.82) is 0 Å². The van der Waals surface area contributed by atoms with Gasteiger partial charge < -0.3 is 14.7 Å². The molecular weight excluding hydrogens is 338 g/mol. The van der Waals surface area contributed by atoms with Crippen LogP contribution < -0.4 is 4.74 Å². The Balaban J connectivity index is 2.20. The Morgan fingerprint density at radius 3 is 2.71 bits per heavy atom. The first-order valence-electron chi connectivity index (χ1n) is 6.73. The number of benzene rings is 1. The summed E-state index contributed by atoms with van der Waals surface area (Å²) in [5.41, 5.74) is -0.338. The van der Waals surface area contributed by atoms with Crippen LogP contribution in [0.15, 0.2) is 22.7 Å². The number of ether oxygens (including phenoxy) is 1. The number of hydrogen-bond acceptors (Lipinski definition) is 3. The number of likely N-dealkylation sites (tertiary alicyclic amines) is 1. The van der Waals surface area contributed by atoms with Crippen LogP contribution >= 0.6 is 15.9 Å². The third-order valence-electron chi connectivity index (χ3n) is 3.90. The van der Waals surface area contributed by atoms with Gasteiger partial charge in [0.1, 0.15) is 5.75 Å². The smallest absolute Gasteiger partial charge is 0.311 e. The van der Waals surface area contributed by atoms with Crippen molar-refractivity contribution in [1.82, 2.24) is 4.90 Å². The molecule has 1 amide bonds. The Kier molecular flexibility index (Phi) is 4.56.